The molecule has 1 aliphatic rings. The first-order valence-electron chi connectivity index (χ1n) is 4.98. The maximum absolute atomic E-state index is 11.4. The molecule has 3 amide bonds. The van der Waals surface area contributed by atoms with E-state index in [9.17, 15) is 9.59 Å². The van der Waals surface area contributed by atoms with Crippen molar-refractivity contribution in [1.82, 2.24) is 20.6 Å². The highest BCUT2D eigenvalue weighted by atomic mass is 16.3. The maximum Gasteiger partial charge on any atom is 0.322 e. The Hall–Kier alpha value is -2.44. The number of nitrogens with zero attached hydrogens (tertiary/aromatic N) is 2. The molecule has 0 unspecified atom stereocenters. The summed E-state index contributed by atoms with van der Waals surface area (Å²) in [4.78, 5) is 30.5. The van der Waals surface area contributed by atoms with Gasteiger partial charge >= 0.3 is 6.03 Å². The van der Waals surface area contributed by atoms with Crippen LogP contribution in [0.1, 0.15) is 17.6 Å². The number of hydrogen-bond acceptors (Lipinski definition) is 5. The van der Waals surface area contributed by atoms with Gasteiger partial charge in [-0.15, -0.1) is 0 Å². The van der Waals surface area contributed by atoms with E-state index >= 15 is 0 Å². The van der Waals surface area contributed by atoms with E-state index in [1.54, 1.807) is 19.2 Å². The van der Waals surface area contributed by atoms with Crippen LogP contribution in [0.4, 0.5) is 4.79 Å². The second-order valence-corrected chi connectivity index (χ2v) is 3.72. The van der Waals surface area contributed by atoms with Gasteiger partial charge in [0.05, 0.1) is 5.39 Å². The zero-order valence-corrected chi connectivity index (χ0v) is 8.85. The molecular weight excluding hydrogens is 224 g/mol. The minimum absolute atomic E-state index is 0.350. The summed E-state index contributed by atoms with van der Waals surface area (Å²) in [6.07, 6.45) is 1.61. The van der Waals surface area contributed by atoms with Crippen LogP contribution in [-0.2, 0) is 4.79 Å². The first-order valence-corrected chi connectivity index (χ1v) is 4.98. The third kappa shape index (κ3) is 1.52. The second-order valence-electron chi connectivity index (χ2n) is 3.72. The van der Waals surface area contributed by atoms with Crippen molar-refractivity contribution in [2.75, 3.05) is 0 Å². The van der Waals surface area contributed by atoms with E-state index in [0.717, 1.165) is 0 Å². The molecule has 86 valence electrons. The predicted octanol–water partition coefficient (Wildman–Crippen LogP) is 0.412. The van der Waals surface area contributed by atoms with Crippen molar-refractivity contribution in [3.63, 3.8) is 0 Å². The summed E-state index contributed by atoms with van der Waals surface area (Å²) in [5.74, 6) is 0.500. The second kappa shape index (κ2) is 3.27. The fourth-order valence-electron chi connectivity index (χ4n) is 1.69. The summed E-state index contributed by atoms with van der Waals surface area (Å²) >= 11 is 0. The molecule has 7 heteroatoms. The van der Waals surface area contributed by atoms with E-state index in [-0.39, 0.29) is 0 Å². The molecule has 0 spiro atoms. The molecule has 0 bridgehead atoms. The van der Waals surface area contributed by atoms with E-state index in [4.69, 9.17) is 4.42 Å². The molecule has 1 saturated heterocycles. The number of rotatable bonds is 1. The summed E-state index contributed by atoms with van der Waals surface area (Å²) in [6, 6.07) is 0.324. The lowest BCUT2D eigenvalue weighted by Gasteiger charge is -2.00. The van der Waals surface area contributed by atoms with Gasteiger partial charge in [-0.2, -0.15) is 4.98 Å². The van der Waals surface area contributed by atoms with Crippen LogP contribution >= 0.6 is 0 Å². The van der Waals surface area contributed by atoms with E-state index in [1.807, 2.05) is 0 Å². The fraction of sp³-hybridized carbons (Fsp3) is 0.200. The van der Waals surface area contributed by atoms with Crippen molar-refractivity contribution in [3.05, 3.63) is 23.8 Å². The lowest BCUT2D eigenvalue weighted by molar-refractivity contribution is -0.120. The molecule has 1 fully saturated rings. The highest BCUT2D eigenvalue weighted by molar-refractivity contribution is 6.04. The van der Waals surface area contributed by atoms with Crippen LogP contribution in [0.15, 0.2) is 16.7 Å². The van der Waals surface area contributed by atoms with Gasteiger partial charge < -0.3 is 9.73 Å². The van der Waals surface area contributed by atoms with Crippen LogP contribution in [0.25, 0.3) is 11.1 Å². The predicted molar refractivity (Wildman–Crippen MR) is 56.0 cm³/mol. The fourth-order valence-corrected chi connectivity index (χ4v) is 1.69. The van der Waals surface area contributed by atoms with Gasteiger partial charge in [-0.05, 0) is 13.0 Å². The van der Waals surface area contributed by atoms with Crippen LogP contribution in [-0.4, -0.2) is 21.9 Å². The zero-order valence-electron chi connectivity index (χ0n) is 8.85. The number of carbonyl (C=O) groups excluding carboxylic acids is 2. The van der Waals surface area contributed by atoms with Gasteiger partial charge in [0.25, 0.3) is 5.91 Å². The normalized spacial score (nSPS) is 19.5. The number of hydrogen-bond donors (Lipinski definition) is 2. The third-order valence-corrected chi connectivity index (χ3v) is 2.47. The Balaban J connectivity index is 2.06. The lowest BCUT2D eigenvalue weighted by Crippen LogP contribution is -2.22. The average Bonchev–Trinajstić information content (AvgIpc) is 2.80. The number of nitrogens with one attached hydrogen (secondary N) is 2. The van der Waals surface area contributed by atoms with E-state index in [2.05, 4.69) is 20.6 Å². The molecule has 0 aromatic carbocycles. The van der Waals surface area contributed by atoms with Crippen molar-refractivity contribution < 1.29 is 14.0 Å². The highest BCUT2D eigenvalue weighted by Crippen LogP contribution is 2.23. The summed E-state index contributed by atoms with van der Waals surface area (Å²) in [6.45, 7) is 1.74. The number of furan rings is 1. The van der Waals surface area contributed by atoms with E-state index in [1.165, 1.54) is 0 Å². The molecule has 1 aliphatic heterocycles. The minimum atomic E-state index is -0.794. The first kappa shape index (κ1) is 9.76. The number of carbonyl (C=O) groups is 2. The smallest absolute Gasteiger partial charge is 0.322 e. The Labute approximate surface area is 95.2 Å². The Kier molecular flexibility index (Phi) is 1.88. The molecule has 0 radical (unpaired) electrons. The van der Waals surface area contributed by atoms with Crippen molar-refractivity contribution in [3.8, 4) is 0 Å². The van der Waals surface area contributed by atoms with Gasteiger partial charge in [0, 0.05) is 6.20 Å². The Morgan fingerprint density at radius 3 is 2.94 bits per heavy atom. The molecule has 1 atom stereocenters. The van der Waals surface area contributed by atoms with Crippen LogP contribution in [0, 0.1) is 6.92 Å². The summed E-state index contributed by atoms with van der Waals surface area (Å²) in [5, 5.41) is 5.28. The molecule has 17 heavy (non-hydrogen) atoms. The van der Waals surface area contributed by atoms with Gasteiger partial charge in [-0.25, -0.2) is 9.78 Å². The quantitative estimate of drug-likeness (QED) is 0.694. The molecule has 3 heterocycles. The SMILES string of the molecule is Cc1ncc2cc([C@@H]3NC(=O)NC3=O)oc2n1. The third-order valence-electron chi connectivity index (χ3n) is 2.47. The zero-order chi connectivity index (χ0) is 12.0. The van der Waals surface area contributed by atoms with Gasteiger partial charge in [0.15, 0.2) is 6.04 Å². The monoisotopic (exact) mass is 232 g/mol. The molecule has 2 aromatic rings. The summed E-state index contributed by atoms with van der Waals surface area (Å²) in [7, 11) is 0. The van der Waals surface area contributed by atoms with E-state index < -0.39 is 18.0 Å². The summed E-state index contributed by atoms with van der Waals surface area (Å²) < 4.78 is 5.42. The van der Waals surface area contributed by atoms with Crippen LogP contribution in [0.5, 0.6) is 0 Å². The highest BCUT2D eigenvalue weighted by Gasteiger charge is 2.33. The van der Waals surface area contributed by atoms with Gasteiger partial charge in [0.2, 0.25) is 5.71 Å². The van der Waals surface area contributed by atoms with Crippen LogP contribution in [0.3, 0.4) is 0 Å². The topological polar surface area (TPSA) is 97.1 Å². The Bertz CT molecular complexity index is 634. The van der Waals surface area contributed by atoms with Crippen molar-refractivity contribution in [2.24, 2.45) is 0 Å². The number of fused-ring (bicyclic) bond motifs is 1. The molecule has 3 rings (SSSR count). The van der Waals surface area contributed by atoms with Crippen molar-refractivity contribution in [2.45, 2.75) is 13.0 Å². The molecule has 2 aromatic heterocycles. The largest absolute Gasteiger partial charge is 0.440 e. The molecule has 7 nitrogen and oxygen atoms in total. The molecule has 0 saturated carbocycles. The van der Waals surface area contributed by atoms with Crippen molar-refractivity contribution >= 4 is 23.0 Å². The van der Waals surface area contributed by atoms with Gasteiger partial charge in [-0.1, -0.05) is 0 Å². The summed E-state index contributed by atoms with van der Waals surface area (Å²) in [5.41, 5.74) is 0.404. The number of aryl methyl sites for hydroxylation is 1. The Morgan fingerprint density at radius 1 is 1.41 bits per heavy atom. The van der Waals surface area contributed by atoms with Crippen molar-refractivity contribution in [1.29, 1.82) is 0 Å². The minimum Gasteiger partial charge on any atom is -0.440 e. The average molecular weight is 232 g/mol. The molecular formula is C10H8N4O3. The Morgan fingerprint density at radius 2 is 2.24 bits per heavy atom. The maximum atomic E-state index is 11.4. The first-order chi connectivity index (χ1) is 8.13. The van der Waals surface area contributed by atoms with Gasteiger partial charge in [-0.3, -0.25) is 10.1 Å². The number of urea groups is 1. The van der Waals surface area contributed by atoms with E-state index in [0.29, 0.717) is 22.7 Å². The molecule has 0 aliphatic carbocycles. The number of imide groups is 1. The standard InChI is InChI=1S/C10H8N4O3/c1-4-11-3-5-2-6(17-9(5)12-4)7-8(15)14-10(16)13-7/h2-3,7H,1H3,(H2,13,14,15,16)/t7-/m0/s1. The lowest BCUT2D eigenvalue weighted by atomic mass is 10.2. The van der Waals surface area contributed by atoms with Crippen LogP contribution in [0.2, 0.25) is 0 Å². The number of amides is 3. The van der Waals surface area contributed by atoms with Crippen LogP contribution < -0.4 is 10.6 Å². The van der Waals surface area contributed by atoms with Gasteiger partial charge in [0.1, 0.15) is 11.6 Å². The molecule has 2 N–H and O–H groups in total. The number of aromatic nitrogens is 2.